The van der Waals surface area contributed by atoms with Crippen molar-refractivity contribution in [1.82, 2.24) is 5.32 Å². The molecule has 3 heteroatoms. The number of methoxy groups -OCH3 is 1. The van der Waals surface area contributed by atoms with Crippen LogP contribution in [-0.2, 0) is 6.54 Å². The molecule has 0 aliphatic rings. The van der Waals surface area contributed by atoms with E-state index in [0.29, 0.717) is 18.0 Å². The van der Waals surface area contributed by atoms with Crippen LogP contribution in [0, 0.1) is 6.92 Å². The first-order valence-electron chi connectivity index (χ1n) is 7.53. The molecule has 0 radical (unpaired) electrons. The number of amides is 1. The van der Waals surface area contributed by atoms with E-state index in [9.17, 15) is 4.79 Å². The maximum atomic E-state index is 12.5. The van der Waals surface area contributed by atoms with Gasteiger partial charge in [-0.15, -0.1) is 0 Å². The van der Waals surface area contributed by atoms with Crippen LogP contribution < -0.4 is 10.1 Å². The fourth-order valence-electron chi connectivity index (χ4n) is 2.44. The molecule has 3 nitrogen and oxygen atoms in total. The first-order chi connectivity index (χ1) is 10.5. The molecule has 0 aliphatic heterocycles. The largest absolute Gasteiger partial charge is 0.496 e. The van der Waals surface area contributed by atoms with Crippen LogP contribution in [0.2, 0.25) is 0 Å². The molecule has 0 fully saturated rings. The molecule has 0 saturated heterocycles. The third-order valence-corrected chi connectivity index (χ3v) is 3.74. The van der Waals surface area contributed by atoms with Crippen LogP contribution in [0.15, 0.2) is 42.5 Å². The topological polar surface area (TPSA) is 38.3 Å². The Morgan fingerprint density at radius 3 is 2.45 bits per heavy atom. The fraction of sp³-hybridized carbons (Fsp3) is 0.316. The van der Waals surface area contributed by atoms with Gasteiger partial charge in [0.15, 0.2) is 0 Å². The predicted octanol–water partition coefficient (Wildman–Crippen LogP) is 4.06. The van der Waals surface area contributed by atoms with Gasteiger partial charge in [-0.1, -0.05) is 44.2 Å². The van der Waals surface area contributed by atoms with Crippen LogP contribution in [-0.4, -0.2) is 13.0 Å². The highest BCUT2D eigenvalue weighted by Crippen LogP contribution is 2.29. The highest BCUT2D eigenvalue weighted by Gasteiger charge is 2.15. The molecule has 2 aromatic carbocycles. The van der Waals surface area contributed by atoms with Crippen molar-refractivity contribution >= 4 is 5.91 Å². The smallest absolute Gasteiger partial charge is 0.251 e. The number of carbonyl (C=O) groups excluding carboxylic acids is 1. The summed E-state index contributed by atoms with van der Waals surface area (Å²) in [6, 6.07) is 13.8. The Bertz CT molecular complexity index is 648. The number of ether oxygens (including phenoxy) is 1. The minimum absolute atomic E-state index is 0.0501. The zero-order chi connectivity index (χ0) is 16.1. The molecule has 2 rings (SSSR count). The second kappa shape index (κ2) is 7.12. The van der Waals surface area contributed by atoms with Gasteiger partial charge in [0.05, 0.1) is 7.11 Å². The summed E-state index contributed by atoms with van der Waals surface area (Å²) in [5.74, 6) is 1.09. The van der Waals surface area contributed by atoms with E-state index in [4.69, 9.17) is 4.74 Å². The van der Waals surface area contributed by atoms with Gasteiger partial charge in [0.1, 0.15) is 5.75 Å². The summed E-state index contributed by atoms with van der Waals surface area (Å²) < 4.78 is 5.42. The van der Waals surface area contributed by atoms with Crippen molar-refractivity contribution in [3.05, 3.63) is 64.7 Å². The Morgan fingerprint density at radius 2 is 1.86 bits per heavy atom. The lowest BCUT2D eigenvalue weighted by molar-refractivity contribution is 0.0950. The van der Waals surface area contributed by atoms with E-state index in [1.54, 1.807) is 7.11 Å². The Hall–Kier alpha value is -2.29. The van der Waals surface area contributed by atoms with Gasteiger partial charge in [-0.25, -0.2) is 0 Å². The molecule has 0 heterocycles. The van der Waals surface area contributed by atoms with E-state index >= 15 is 0 Å². The van der Waals surface area contributed by atoms with E-state index < -0.39 is 0 Å². The van der Waals surface area contributed by atoms with Crippen LogP contribution >= 0.6 is 0 Å². The molecule has 0 unspecified atom stereocenters. The number of nitrogens with one attached hydrogen (secondary N) is 1. The van der Waals surface area contributed by atoms with Crippen molar-refractivity contribution in [2.24, 2.45) is 0 Å². The number of carbonyl (C=O) groups is 1. The molecule has 0 aliphatic carbocycles. The van der Waals surface area contributed by atoms with E-state index in [-0.39, 0.29) is 5.91 Å². The summed E-state index contributed by atoms with van der Waals surface area (Å²) in [6.07, 6.45) is 0. The zero-order valence-electron chi connectivity index (χ0n) is 13.6. The van der Waals surface area contributed by atoms with Crippen LogP contribution in [0.4, 0.5) is 0 Å². The van der Waals surface area contributed by atoms with Crippen molar-refractivity contribution < 1.29 is 9.53 Å². The summed E-state index contributed by atoms with van der Waals surface area (Å²) in [5.41, 5.74) is 3.77. The highest BCUT2D eigenvalue weighted by atomic mass is 16.5. The molecule has 0 atom stereocenters. The van der Waals surface area contributed by atoms with Crippen molar-refractivity contribution in [2.45, 2.75) is 33.2 Å². The van der Waals surface area contributed by atoms with E-state index in [1.807, 2.05) is 49.4 Å². The van der Waals surface area contributed by atoms with E-state index in [2.05, 4.69) is 19.2 Å². The van der Waals surface area contributed by atoms with Gasteiger partial charge in [-0.3, -0.25) is 4.79 Å². The summed E-state index contributed by atoms with van der Waals surface area (Å²) in [7, 11) is 1.66. The first-order valence-corrected chi connectivity index (χ1v) is 7.53. The molecule has 0 saturated carbocycles. The van der Waals surface area contributed by atoms with Crippen LogP contribution in [0.1, 0.15) is 46.8 Å². The maximum absolute atomic E-state index is 12.5. The lowest BCUT2D eigenvalue weighted by Crippen LogP contribution is -2.24. The first kappa shape index (κ1) is 16.1. The van der Waals surface area contributed by atoms with Gasteiger partial charge in [0.2, 0.25) is 0 Å². The number of rotatable bonds is 5. The van der Waals surface area contributed by atoms with Crippen molar-refractivity contribution in [2.75, 3.05) is 7.11 Å². The number of hydrogen-bond acceptors (Lipinski definition) is 2. The van der Waals surface area contributed by atoms with Crippen molar-refractivity contribution in [3.8, 4) is 5.75 Å². The van der Waals surface area contributed by atoms with Gasteiger partial charge >= 0.3 is 0 Å². The molecule has 2 aromatic rings. The van der Waals surface area contributed by atoms with E-state index in [0.717, 1.165) is 22.4 Å². The normalized spacial score (nSPS) is 10.6. The zero-order valence-corrected chi connectivity index (χ0v) is 13.6. The highest BCUT2D eigenvalue weighted by molar-refractivity contribution is 5.96. The molecule has 116 valence electrons. The van der Waals surface area contributed by atoms with Crippen LogP contribution in [0.5, 0.6) is 5.75 Å². The Morgan fingerprint density at radius 1 is 1.18 bits per heavy atom. The van der Waals surface area contributed by atoms with Gasteiger partial charge < -0.3 is 10.1 Å². The van der Waals surface area contributed by atoms with Crippen molar-refractivity contribution in [3.63, 3.8) is 0 Å². The molecule has 22 heavy (non-hydrogen) atoms. The molecule has 0 aromatic heterocycles. The summed E-state index contributed by atoms with van der Waals surface area (Å²) in [4.78, 5) is 12.5. The summed E-state index contributed by atoms with van der Waals surface area (Å²) in [6.45, 7) is 6.66. The molecule has 0 bridgehead atoms. The molecule has 1 N–H and O–H groups in total. The molecular formula is C19H23NO2. The number of hydrogen-bond donors (Lipinski definition) is 1. The van der Waals surface area contributed by atoms with Crippen molar-refractivity contribution in [1.29, 1.82) is 0 Å². The standard InChI is InChI=1S/C19H23NO2/c1-13(2)16-11-17(14(3)10-18(16)22-4)19(21)20-12-15-8-6-5-7-9-15/h5-11,13H,12H2,1-4H3,(H,20,21). The van der Waals surface area contributed by atoms with Gasteiger partial charge in [0, 0.05) is 12.1 Å². The van der Waals surface area contributed by atoms with Crippen LogP contribution in [0.3, 0.4) is 0 Å². The SMILES string of the molecule is COc1cc(C)c(C(=O)NCc2ccccc2)cc1C(C)C. The minimum atomic E-state index is -0.0501. The maximum Gasteiger partial charge on any atom is 0.251 e. The Balaban J connectivity index is 2.20. The van der Waals surface area contributed by atoms with E-state index in [1.165, 1.54) is 0 Å². The summed E-state index contributed by atoms with van der Waals surface area (Å²) >= 11 is 0. The lowest BCUT2D eigenvalue weighted by atomic mass is 9.96. The van der Waals surface area contributed by atoms with Gasteiger partial charge in [-0.2, -0.15) is 0 Å². The third kappa shape index (κ3) is 3.67. The van der Waals surface area contributed by atoms with Gasteiger partial charge in [-0.05, 0) is 41.7 Å². The third-order valence-electron chi connectivity index (χ3n) is 3.74. The molecule has 0 spiro atoms. The summed E-state index contributed by atoms with van der Waals surface area (Å²) in [5, 5.41) is 2.98. The number of aryl methyl sites for hydroxylation is 1. The fourth-order valence-corrected chi connectivity index (χ4v) is 2.44. The minimum Gasteiger partial charge on any atom is -0.496 e. The number of benzene rings is 2. The second-order valence-corrected chi connectivity index (χ2v) is 5.73. The average Bonchev–Trinajstić information content (AvgIpc) is 2.52. The van der Waals surface area contributed by atoms with Crippen LogP contribution in [0.25, 0.3) is 0 Å². The predicted molar refractivity (Wildman–Crippen MR) is 89.4 cm³/mol. The lowest BCUT2D eigenvalue weighted by Gasteiger charge is -2.16. The molecular weight excluding hydrogens is 274 g/mol. The van der Waals surface area contributed by atoms with Gasteiger partial charge in [0.25, 0.3) is 5.91 Å². The quantitative estimate of drug-likeness (QED) is 0.904. The average molecular weight is 297 g/mol. The Labute approximate surface area is 132 Å². The second-order valence-electron chi connectivity index (χ2n) is 5.73. The monoisotopic (exact) mass is 297 g/mol. The molecule has 1 amide bonds. The Kier molecular flexibility index (Phi) is 5.21.